The van der Waals surface area contributed by atoms with E-state index < -0.39 is 9.05 Å². The van der Waals surface area contributed by atoms with Gasteiger partial charge >= 0.3 is 19.1 Å². The van der Waals surface area contributed by atoms with Crippen LogP contribution in [-0.2, 0) is 17.1 Å². The summed E-state index contributed by atoms with van der Waals surface area (Å²) >= 11 is 0. The number of hydrogen-bond donors (Lipinski definition) is 0. The highest BCUT2D eigenvalue weighted by Crippen LogP contribution is 2.17. The first-order chi connectivity index (χ1) is 4.83. The van der Waals surface area contributed by atoms with Gasteiger partial charge in [-0.25, -0.2) is 0 Å². The lowest BCUT2D eigenvalue weighted by Gasteiger charge is -2.33. The van der Waals surface area contributed by atoms with Crippen molar-refractivity contribution in [1.29, 1.82) is 0 Å². The Morgan fingerprint density at radius 1 is 1.20 bits per heavy atom. The van der Waals surface area contributed by atoms with E-state index in [0.29, 0.717) is 13.2 Å². The molecule has 0 bridgehead atoms. The molecule has 6 heteroatoms. The quantitative estimate of drug-likeness (QED) is 0.571. The molecule has 2 radical (unpaired) electrons. The van der Waals surface area contributed by atoms with Crippen molar-refractivity contribution in [1.82, 2.24) is 0 Å². The van der Waals surface area contributed by atoms with Crippen LogP contribution in [0.1, 0.15) is 13.8 Å². The minimum Gasteiger partial charge on any atom is -0.369 e. The summed E-state index contributed by atoms with van der Waals surface area (Å²) in [5.41, 5.74) is 0. The smallest absolute Gasteiger partial charge is 0.369 e. The van der Waals surface area contributed by atoms with E-state index in [1.807, 2.05) is 13.8 Å². The maximum atomic E-state index is 5.18. The van der Waals surface area contributed by atoms with Gasteiger partial charge in [0.25, 0.3) is 0 Å². The van der Waals surface area contributed by atoms with Gasteiger partial charge < -0.3 is 17.1 Å². The molecule has 0 unspecified atom stereocenters. The number of rotatable bonds is 4. The molecule has 1 rings (SSSR count). The lowest BCUT2D eigenvalue weighted by atomic mass is 10.9. The summed E-state index contributed by atoms with van der Waals surface area (Å²) < 4.78 is 20.6. The Kier molecular flexibility index (Phi) is 3.02. The van der Waals surface area contributed by atoms with Crippen molar-refractivity contribution in [3.05, 3.63) is 0 Å². The van der Waals surface area contributed by atoms with Crippen LogP contribution >= 0.6 is 0 Å². The van der Waals surface area contributed by atoms with E-state index in [2.05, 4.69) is 0 Å². The summed E-state index contributed by atoms with van der Waals surface area (Å²) in [7, 11) is -2.43. The summed E-state index contributed by atoms with van der Waals surface area (Å²) in [4.78, 5) is 0. The Labute approximate surface area is 64.0 Å². The third-order valence-corrected chi connectivity index (χ3v) is 4.93. The van der Waals surface area contributed by atoms with E-state index in [4.69, 9.17) is 17.1 Å². The van der Waals surface area contributed by atoms with Gasteiger partial charge in [0.2, 0.25) is 0 Å². The van der Waals surface area contributed by atoms with Crippen molar-refractivity contribution in [2.24, 2.45) is 0 Å². The van der Waals surface area contributed by atoms with E-state index in [1.54, 1.807) is 0 Å². The van der Waals surface area contributed by atoms with Gasteiger partial charge in [-0.1, -0.05) is 0 Å². The molecule has 0 aromatic rings. The largest absolute Gasteiger partial charge is 0.661 e. The second-order valence-corrected chi connectivity index (χ2v) is 5.03. The molecule has 10 heavy (non-hydrogen) atoms. The second kappa shape index (κ2) is 3.60. The topological polar surface area (TPSA) is 36.9 Å². The van der Waals surface area contributed by atoms with Gasteiger partial charge in [0.1, 0.15) is 0 Å². The fourth-order valence-electron chi connectivity index (χ4n) is 0.623. The predicted octanol–water partition coefficient (Wildman–Crippen LogP) is 0.0760. The zero-order valence-electron chi connectivity index (χ0n) is 6.05. The molecule has 0 N–H and O–H groups in total. The zero-order valence-corrected chi connectivity index (χ0v) is 8.05. The van der Waals surface area contributed by atoms with Gasteiger partial charge in [-0.05, 0) is 13.8 Å². The molecular weight excluding hydrogens is 168 g/mol. The minimum atomic E-state index is -2.53. The van der Waals surface area contributed by atoms with Crippen molar-refractivity contribution in [3.8, 4) is 0 Å². The molecule has 4 nitrogen and oxygen atoms in total. The van der Waals surface area contributed by atoms with Gasteiger partial charge in [-0.15, -0.1) is 0 Å². The van der Waals surface area contributed by atoms with Gasteiger partial charge in [0.15, 0.2) is 0 Å². The van der Waals surface area contributed by atoms with E-state index >= 15 is 0 Å². The van der Waals surface area contributed by atoms with Crippen LogP contribution in [0.15, 0.2) is 0 Å². The molecule has 0 saturated carbocycles. The highest BCUT2D eigenvalue weighted by Gasteiger charge is 2.53. The van der Waals surface area contributed by atoms with Crippen LogP contribution in [0.2, 0.25) is 0 Å². The molecule has 0 spiro atoms. The van der Waals surface area contributed by atoms with Crippen LogP contribution in [0.4, 0.5) is 0 Å². The fraction of sp³-hybridized carbons (Fsp3) is 1.00. The van der Waals surface area contributed by atoms with Crippen LogP contribution in [0.25, 0.3) is 0 Å². The summed E-state index contributed by atoms with van der Waals surface area (Å²) in [5.74, 6) is 0. The molecule has 0 amide bonds. The molecule has 1 aliphatic rings. The van der Waals surface area contributed by atoms with Crippen LogP contribution in [0.5, 0.6) is 0 Å². The molecule has 1 heterocycles. The van der Waals surface area contributed by atoms with Crippen molar-refractivity contribution in [2.75, 3.05) is 13.2 Å². The lowest BCUT2D eigenvalue weighted by Crippen LogP contribution is -2.59. The van der Waals surface area contributed by atoms with Crippen molar-refractivity contribution >= 4 is 19.1 Å². The summed E-state index contributed by atoms with van der Waals surface area (Å²) in [6.45, 7) is 4.94. The first-order valence-electron chi connectivity index (χ1n) is 3.22. The van der Waals surface area contributed by atoms with E-state index in [9.17, 15) is 0 Å². The van der Waals surface area contributed by atoms with Crippen molar-refractivity contribution < 1.29 is 17.1 Å². The Hall–Kier alpha value is 0.274. The first kappa shape index (κ1) is 8.37. The number of hydrogen-bond acceptors (Lipinski definition) is 4. The highest BCUT2D eigenvalue weighted by atomic mass is 28.5. The van der Waals surface area contributed by atoms with Gasteiger partial charge in [-0.2, -0.15) is 0 Å². The monoisotopic (exact) mass is 178 g/mol. The zero-order chi connectivity index (χ0) is 7.45. The van der Waals surface area contributed by atoms with E-state index in [0.717, 1.165) is 0 Å². The Balaban J connectivity index is 2.27. The average Bonchev–Trinajstić information content (AvgIpc) is 1.84. The molecule has 1 fully saturated rings. The molecule has 58 valence electrons. The average molecular weight is 178 g/mol. The lowest BCUT2D eigenvalue weighted by molar-refractivity contribution is 0.00309. The predicted molar refractivity (Wildman–Crippen MR) is 36.9 cm³/mol. The van der Waals surface area contributed by atoms with Gasteiger partial charge in [0.05, 0.1) is 0 Å². The van der Waals surface area contributed by atoms with Crippen LogP contribution in [0.3, 0.4) is 0 Å². The molecule has 1 saturated heterocycles. The van der Waals surface area contributed by atoms with Crippen LogP contribution < -0.4 is 0 Å². The Morgan fingerprint density at radius 3 is 1.90 bits per heavy atom. The minimum absolute atomic E-state index is 0.104. The third kappa shape index (κ3) is 1.65. The fourth-order valence-corrected chi connectivity index (χ4v) is 3.23. The SMILES string of the molecule is CCO[Si]1(OCC)O[Si]O1. The molecule has 0 aromatic heterocycles. The third-order valence-electron chi connectivity index (χ3n) is 0.976. The van der Waals surface area contributed by atoms with Crippen LogP contribution in [0, 0.1) is 0 Å². The van der Waals surface area contributed by atoms with Crippen molar-refractivity contribution in [2.45, 2.75) is 13.8 Å². The molecule has 0 aliphatic carbocycles. The van der Waals surface area contributed by atoms with E-state index in [-0.39, 0.29) is 10.0 Å². The normalized spacial score (nSPS) is 22.2. The highest BCUT2D eigenvalue weighted by molar-refractivity contribution is 6.70. The summed E-state index contributed by atoms with van der Waals surface area (Å²) in [6.07, 6.45) is 0. The summed E-state index contributed by atoms with van der Waals surface area (Å²) in [5, 5.41) is 0. The summed E-state index contributed by atoms with van der Waals surface area (Å²) in [6, 6.07) is 0. The first-order valence-corrected chi connectivity index (χ1v) is 5.67. The second-order valence-electron chi connectivity index (χ2n) is 1.65. The molecule has 0 aromatic carbocycles. The van der Waals surface area contributed by atoms with Crippen molar-refractivity contribution in [3.63, 3.8) is 0 Å². The standard InChI is InChI=1S/C4H10O4Si2/c1-3-5-10(6-4-2)7-9-8-10/h3-4H2,1-2H3. The van der Waals surface area contributed by atoms with Gasteiger partial charge in [-0.3, -0.25) is 0 Å². The molecular formula is C4H10O4Si2. The maximum absolute atomic E-state index is 5.18. The maximum Gasteiger partial charge on any atom is 0.661 e. The molecule has 1 aliphatic heterocycles. The van der Waals surface area contributed by atoms with Gasteiger partial charge in [0, 0.05) is 13.2 Å². The Bertz CT molecular complexity index is 97.4. The Morgan fingerprint density at radius 2 is 1.70 bits per heavy atom. The van der Waals surface area contributed by atoms with Crippen LogP contribution in [-0.4, -0.2) is 32.3 Å². The molecule has 0 atom stereocenters. The van der Waals surface area contributed by atoms with E-state index in [1.165, 1.54) is 0 Å².